The average Bonchev–Trinajstić information content (AvgIpc) is 2.15. The van der Waals surface area contributed by atoms with Crippen LogP contribution in [-0.2, 0) is 6.61 Å². The normalized spacial score (nSPS) is 10.1. The summed E-state index contributed by atoms with van der Waals surface area (Å²) < 4.78 is 0. The van der Waals surface area contributed by atoms with Crippen molar-refractivity contribution in [3.05, 3.63) is 16.4 Å². The monoisotopic (exact) mass is 146 g/mol. The lowest BCUT2D eigenvalue weighted by molar-refractivity contribution is 0.276. The third-order valence-electron chi connectivity index (χ3n) is 1.20. The summed E-state index contributed by atoms with van der Waals surface area (Å²) in [5.41, 5.74) is 1.43. The van der Waals surface area contributed by atoms with Crippen LogP contribution in [0.25, 0.3) is 0 Å². The molecule has 0 aliphatic rings. The van der Waals surface area contributed by atoms with Crippen molar-refractivity contribution >= 4 is 11.6 Å². The minimum absolute atomic E-state index is 0.0605. The predicted octanol–water partition coefficient (Wildman–Crippen LogP) is 0.864. The number of nitrogens with one attached hydrogen (secondary N) is 1. The number of aromatic nitrogens is 2. The van der Waals surface area contributed by atoms with Crippen LogP contribution in [0.2, 0.25) is 5.15 Å². The molecule has 3 nitrogen and oxygen atoms in total. The number of halogens is 1. The third-order valence-corrected chi connectivity index (χ3v) is 1.57. The second kappa shape index (κ2) is 2.37. The van der Waals surface area contributed by atoms with E-state index in [1.165, 1.54) is 0 Å². The van der Waals surface area contributed by atoms with Crippen LogP contribution < -0.4 is 0 Å². The van der Waals surface area contributed by atoms with Crippen molar-refractivity contribution in [1.82, 2.24) is 10.2 Å². The van der Waals surface area contributed by atoms with Crippen molar-refractivity contribution in [3.63, 3.8) is 0 Å². The molecular weight excluding hydrogens is 140 g/mol. The van der Waals surface area contributed by atoms with E-state index in [9.17, 15) is 0 Å². The number of aromatic amines is 1. The van der Waals surface area contributed by atoms with Gasteiger partial charge in [0, 0.05) is 5.56 Å². The Morgan fingerprint density at radius 1 is 1.78 bits per heavy atom. The molecule has 0 saturated heterocycles. The van der Waals surface area contributed by atoms with Crippen molar-refractivity contribution in [2.45, 2.75) is 13.5 Å². The topological polar surface area (TPSA) is 48.9 Å². The van der Waals surface area contributed by atoms with Gasteiger partial charge in [0.25, 0.3) is 0 Å². The first kappa shape index (κ1) is 6.58. The van der Waals surface area contributed by atoms with Gasteiger partial charge >= 0.3 is 0 Å². The number of hydrogen-bond donors (Lipinski definition) is 2. The second-order valence-corrected chi connectivity index (χ2v) is 2.15. The zero-order chi connectivity index (χ0) is 6.85. The summed E-state index contributed by atoms with van der Waals surface area (Å²) in [6, 6.07) is 0. The fourth-order valence-corrected chi connectivity index (χ4v) is 0.716. The van der Waals surface area contributed by atoms with Crippen molar-refractivity contribution in [2.24, 2.45) is 0 Å². The van der Waals surface area contributed by atoms with Crippen LogP contribution in [0.15, 0.2) is 0 Å². The summed E-state index contributed by atoms with van der Waals surface area (Å²) in [6.07, 6.45) is 0. The zero-order valence-electron chi connectivity index (χ0n) is 4.98. The summed E-state index contributed by atoms with van der Waals surface area (Å²) in [5.74, 6) is 0. The smallest absolute Gasteiger partial charge is 0.127 e. The molecule has 1 heterocycles. The second-order valence-electron chi connectivity index (χ2n) is 1.77. The van der Waals surface area contributed by atoms with Crippen molar-refractivity contribution < 1.29 is 5.11 Å². The molecule has 0 amide bonds. The molecule has 0 saturated carbocycles. The van der Waals surface area contributed by atoms with Gasteiger partial charge in [0.05, 0.1) is 12.3 Å². The maximum Gasteiger partial charge on any atom is 0.127 e. The number of hydrogen-bond acceptors (Lipinski definition) is 2. The van der Waals surface area contributed by atoms with Gasteiger partial charge in [-0.3, -0.25) is 5.10 Å². The van der Waals surface area contributed by atoms with E-state index in [1.807, 2.05) is 0 Å². The lowest BCUT2D eigenvalue weighted by Gasteiger charge is -1.86. The van der Waals surface area contributed by atoms with E-state index in [0.717, 1.165) is 5.56 Å². The van der Waals surface area contributed by atoms with Gasteiger partial charge in [-0.05, 0) is 6.92 Å². The molecule has 0 aliphatic heterocycles. The quantitative estimate of drug-likeness (QED) is 0.618. The maximum atomic E-state index is 8.59. The molecule has 1 aromatic heterocycles. The lowest BCUT2D eigenvalue weighted by atomic mass is 10.3. The minimum atomic E-state index is -0.0605. The van der Waals surface area contributed by atoms with E-state index >= 15 is 0 Å². The molecule has 0 radical (unpaired) electrons. The summed E-state index contributed by atoms with van der Waals surface area (Å²) in [7, 11) is 0. The first-order valence-corrected chi connectivity index (χ1v) is 2.93. The zero-order valence-corrected chi connectivity index (χ0v) is 5.74. The lowest BCUT2D eigenvalue weighted by Crippen LogP contribution is -1.84. The van der Waals surface area contributed by atoms with Gasteiger partial charge in [-0.1, -0.05) is 11.6 Å². The van der Waals surface area contributed by atoms with Crippen LogP contribution in [0.4, 0.5) is 0 Å². The average molecular weight is 147 g/mol. The molecule has 50 valence electrons. The Morgan fingerprint density at radius 3 is 2.67 bits per heavy atom. The Kier molecular flexibility index (Phi) is 1.73. The number of aliphatic hydroxyl groups excluding tert-OH is 1. The highest BCUT2D eigenvalue weighted by Crippen LogP contribution is 2.13. The number of aliphatic hydroxyl groups is 1. The first-order chi connectivity index (χ1) is 4.25. The van der Waals surface area contributed by atoms with E-state index in [2.05, 4.69) is 10.2 Å². The summed E-state index contributed by atoms with van der Waals surface area (Å²) in [4.78, 5) is 0. The summed E-state index contributed by atoms with van der Waals surface area (Å²) >= 11 is 5.58. The standard InChI is InChI=1S/C5H7ClN2O/c1-3-4(2-9)7-8-5(3)6/h9H,2H2,1H3,(H,7,8). The van der Waals surface area contributed by atoms with Crippen LogP contribution in [-0.4, -0.2) is 15.3 Å². The largest absolute Gasteiger partial charge is 0.390 e. The fourth-order valence-electron chi connectivity index (χ4n) is 0.565. The van der Waals surface area contributed by atoms with Gasteiger partial charge in [-0.2, -0.15) is 5.10 Å². The van der Waals surface area contributed by atoms with Gasteiger partial charge in [0.15, 0.2) is 0 Å². The van der Waals surface area contributed by atoms with Crippen LogP contribution in [0, 0.1) is 6.92 Å². The summed E-state index contributed by atoms with van der Waals surface area (Å²) in [6.45, 7) is 1.74. The highest BCUT2D eigenvalue weighted by Gasteiger charge is 2.03. The van der Waals surface area contributed by atoms with Crippen LogP contribution >= 0.6 is 11.6 Å². The molecule has 9 heavy (non-hydrogen) atoms. The fraction of sp³-hybridized carbons (Fsp3) is 0.400. The molecule has 0 spiro atoms. The molecule has 0 unspecified atom stereocenters. The Morgan fingerprint density at radius 2 is 2.44 bits per heavy atom. The Balaban J connectivity index is 3.04. The highest BCUT2D eigenvalue weighted by molar-refractivity contribution is 6.30. The van der Waals surface area contributed by atoms with Gasteiger partial charge in [-0.25, -0.2) is 0 Å². The third kappa shape index (κ3) is 1.06. The highest BCUT2D eigenvalue weighted by atomic mass is 35.5. The molecule has 1 aromatic rings. The molecule has 4 heteroatoms. The van der Waals surface area contributed by atoms with Crippen LogP contribution in [0.1, 0.15) is 11.3 Å². The Labute approximate surface area is 57.7 Å². The van der Waals surface area contributed by atoms with E-state index < -0.39 is 0 Å². The van der Waals surface area contributed by atoms with E-state index in [-0.39, 0.29) is 6.61 Å². The van der Waals surface area contributed by atoms with E-state index in [4.69, 9.17) is 16.7 Å². The maximum absolute atomic E-state index is 8.59. The molecule has 1 rings (SSSR count). The predicted molar refractivity (Wildman–Crippen MR) is 34.3 cm³/mol. The van der Waals surface area contributed by atoms with Gasteiger partial charge < -0.3 is 5.11 Å². The Bertz CT molecular complexity index is 209. The van der Waals surface area contributed by atoms with Gasteiger partial charge in [0.1, 0.15) is 5.15 Å². The Hall–Kier alpha value is -0.540. The van der Waals surface area contributed by atoms with Crippen molar-refractivity contribution in [3.8, 4) is 0 Å². The molecule has 2 N–H and O–H groups in total. The molecule has 0 atom stereocenters. The van der Waals surface area contributed by atoms with Crippen LogP contribution in [0.5, 0.6) is 0 Å². The molecule has 0 fully saturated rings. The first-order valence-electron chi connectivity index (χ1n) is 2.56. The molecular formula is C5H7ClN2O. The number of nitrogens with zero attached hydrogens (tertiary/aromatic N) is 1. The molecule has 0 aliphatic carbocycles. The van der Waals surface area contributed by atoms with Crippen molar-refractivity contribution in [2.75, 3.05) is 0 Å². The van der Waals surface area contributed by atoms with E-state index in [0.29, 0.717) is 10.8 Å². The minimum Gasteiger partial charge on any atom is -0.390 e. The molecule has 0 aromatic carbocycles. The van der Waals surface area contributed by atoms with Crippen LogP contribution in [0.3, 0.4) is 0 Å². The number of rotatable bonds is 1. The number of H-pyrrole nitrogens is 1. The summed E-state index contributed by atoms with van der Waals surface area (Å²) in [5, 5.41) is 15.4. The van der Waals surface area contributed by atoms with E-state index in [1.54, 1.807) is 6.92 Å². The SMILES string of the molecule is Cc1c(CO)n[nH]c1Cl. The molecule has 0 bridgehead atoms. The van der Waals surface area contributed by atoms with Gasteiger partial charge in [-0.15, -0.1) is 0 Å². The van der Waals surface area contributed by atoms with Crippen molar-refractivity contribution in [1.29, 1.82) is 0 Å². The van der Waals surface area contributed by atoms with Gasteiger partial charge in [0.2, 0.25) is 0 Å².